The fourth-order valence-corrected chi connectivity index (χ4v) is 2.50. The van der Waals surface area contributed by atoms with Crippen LogP contribution in [0, 0.1) is 0 Å². The first-order valence-electron chi connectivity index (χ1n) is 6.06. The minimum atomic E-state index is -1.00. The molecule has 1 aliphatic heterocycles. The molecule has 21 heavy (non-hydrogen) atoms. The van der Waals surface area contributed by atoms with Gasteiger partial charge >= 0.3 is 5.97 Å². The molecule has 0 aliphatic carbocycles. The average Bonchev–Trinajstić information content (AvgIpc) is 2.91. The van der Waals surface area contributed by atoms with Gasteiger partial charge in [-0.2, -0.15) is 0 Å². The molecule has 2 unspecified atom stereocenters. The normalized spacial score (nSPS) is 21.3. The van der Waals surface area contributed by atoms with Crippen molar-refractivity contribution in [2.24, 2.45) is 0 Å². The standard InChI is InChI=1S/C12H11Cl3N2O4/c13-6-4-16-10(9(15)8(6)14)11(18)17-3-5-1-2-7(21-5)12(19)20/h4-5,7H,1-3H2,(H,17,18)(H,19,20). The number of carboxylic acids is 1. The van der Waals surface area contributed by atoms with E-state index in [2.05, 4.69) is 10.3 Å². The van der Waals surface area contributed by atoms with Crippen molar-refractivity contribution in [2.75, 3.05) is 6.54 Å². The zero-order valence-electron chi connectivity index (χ0n) is 10.6. The van der Waals surface area contributed by atoms with Gasteiger partial charge in [0.15, 0.2) is 6.10 Å². The van der Waals surface area contributed by atoms with Crippen LogP contribution < -0.4 is 5.32 Å². The lowest BCUT2D eigenvalue weighted by atomic mass is 10.2. The number of halogens is 3. The van der Waals surface area contributed by atoms with Crippen molar-refractivity contribution in [2.45, 2.75) is 25.0 Å². The molecule has 2 N–H and O–H groups in total. The van der Waals surface area contributed by atoms with Crippen molar-refractivity contribution in [1.29, 1.82) is 0 Å². The van der Waals surface area contributed by atoms with Crippen LogP contribution >= 0.6 is 34.8 Å². The van der Waals surface area contributed by atoms with Gasteiger partial charge in [0.1, 0.15) is 5.69 Å². The van der Waals surface area contributed by atoms with Crippen molar-refractivity contribution in [3.05, 3.63) is 27.0 Å². The summed E-state index contributed by atoms with van der Waals surface area (Å²) in [6.07, 6.45) is 1.04. The zero-order valence-corrected chi connectivity index (χ0v) is 12.9. The highest BCUT2D eigenvalue weighted by molar-refractivity contribution is 6.48. The third-order valence-corrected chi connectivity index (χ3v) is 4.25. The topological polar surface area (TPSA) is 88.5 Å². The highest BCUT2D eigenvalue weighted by Crippen LogP contribution is 2.31. The second-order valence-electron chi connectivity index (χ2n) is 4.46. The van der Waals surface area contributed by atoms with Gasteiger partial charge in [-0.1, -0.05) is 34.8 Å². The Balaban J connectivity index is 1.94. The molecule has 114 valence electrons. The molecule has 1 aromatic rings. The summed E-state index contributed by atoms with van der Waals surface area (Å²) >= 11 is 17.5. The molecule has 0 radical (unpaired) electrons. The Hall–Kier alpha value is -1.08. The molecule has 6 nitrogen and oxygen atoms in total. The van der Waals surface area contributed by atoms with Crippen LogP contribution in [0.15, 0.2) is 6.20 Å². The van der Waals surface area contributed by atoms with Crippen LogP contribution in [0.4, 0.5) is 0 Å². The first kappa shape index (κ1) is 16.3. The Labute approximate surface area is 135 Å². The monoisotopic (exact) mass is 352 g/mol. The van der Waals surface area contributed by atoms with Crippen molar-refractivity contribution >= 4 is 46.7 Å². The van der Waals surface area contributed by atoms with E-state index in [1.807, 2.05) is 0 Å². The molecule has 2 rings (SSSR count). The molecule has 0 bridgehead atoms. The van der Waals surface area contributed by atoms with Crippen molar-refractivity contribution in [1.82, 2.24) is 10.3 Å². The lowest BCUT2D eigenvalue weighted by molar-refractivity contribution is -0.149. The van der Waals surface area contributed by atoms with Gasteiger partial charge in [0.25, 0.3) is 5.91 Å². The number of hydrogen-bond acceptors (Lipinski definition) is 4. The first-order valence-corrected chi connectivity index (χ1v) is 7.19. The van der Waals surface area contributed by atoms with Gasteiger partial charge in [-0.05, 0) is 12.8 Å². The van der Waals surface area contributed by atoms with Gasteiger partial charge in [-0.3, -0.25) is 4.79 Å². The summed E-state index contributed by atoms with van der Waals surface area (Å²) in [5.41, 5.74) is -0.0427. The van der Waals surface area contributed by atoms with Crippen LogP contribution in [0.25, 0.3) is 0 Å². The quantitative estimate of drug-likeness (QED) is 0.868. The second-order valence-corrected chi connectivity index (χ2v) is 5.62. The molecular formula is C12H11Cl3N2O4. The number of carbonyl (C=O) groups is 2. The molecule has 2 heterocycles. The lowest BCUT2D eigenvalue weighted by Gasteiger charge is -2.12. The molecular weight excluding hydrogens is 343 g/mol. The van der Waals surface area contributed by atoms with E-state index >= 15 is 0 Å². The van der Waals surface area contributed by atoms with Crippen LogP contribution in [-0.2, 0) is 9.53 Å². The van der Waals surface area contributed by atoms with E-state index in [1.165, 1.54) is 6.20 Å². The van der Waals surface area contributed by atoms with E-state index < -0.39 is 18.0 Å². The maximum absolute atomic E-state index is 12.0. The van der Waals surface area contributed by atoms with Crippen molar-refractivity contribution < 1.29 is 19.4 Å². The molecule has 0 saturated carbocycles. The fourth-order valence-electron chi connectivity index (χ4n) is 1.93. The van der Waals surface area contributed by atoms with E-state index in [0.29, 0.717) is 12.8 Å². The molecule has 2 atom stereocenters. The van der Waals surface area contributed by atoms with Gasteiger partial charge in [-0.15, -0.1) is 0 Å². The highest BCUT2D eigenvalue weighted by atomic mass is 35.5. The number of nitrogens with one attached hydrogen (secondary N) is 1. The number of carbonyl (C=O) groups excluding carboxylic acids is 1. The van der Waals surface area contributed by atoms with E-state index in [4.69, 9.17) is 44.6 Å². The van der Waals surface area contributed by atoms with Gasteiger partial charge in [0.2, 0.25) is 0 Å². The summed E-state index contributed by atoms with van der Waals surface area (Å²) in [6, 6.07) is 0. The van der Waals surface area contributed by atoms with Crippen LogP contribution in [0.1, 0.15) is 23.3 Å². The number of ether oxygens (including phenoxy) is 1. The van der Waals surface area contributed by atoms with Gasteiger partial charge < -0.3 is 15.2 Å². The van der Waals surface area contributed by atoms with Crippen LogP contribution in [0.2, 0.25) is 15.1 Å². The molecule has 1 amide bonds. The Morgan fingerprint density at radius 3 is 2.67 bits per heavy atom. The van der Waals surface area contributed by atoms with E-state index in [9.17, 15) is 9.59 Å². The minimum absolute atomic E-state index is 0.0302. The SMILES string of the molecule is O=C(NCC1CCC(C(=O)O)O1)c1ncc(Cl)c(Cl)c1Cl. The van der Waals surface area contributed by atoms with Crippen LogP contribution in [0.3, 0.4) is 0 Å². The molecule has 1 aliphatic rings. The minimum Gasteiger partial charge on any atom is -0.479 e. The molecule has 1 aromatic heterocycles. The summed E-state index contributed by atoms with van der Waals surface area (Å²) in [5.74, 6) is -1.53. The van der Waals surface area contributed by atoms with Crippen LogP contribution in [0.5, 0.6) is 0 Å². The third kappa shape index (κ3) is 3.77. The highest BCUT2D eigenvalue weighted by Gasteiger charge is 2.30. The number of nitrogens with zero attached hydrogens (tertiary/aromatic N) is 1. The van der Waals surface area contributed by atoms with Crippen molar-refractivity contribution in [3.8, 4) is 0 Å². The number of carboxylic acid groups (broad SMARTS) is 1. The molecule has 0 aromatic carbocycles. The lowest BCUT2D eigenvalue weighted by Crippen LogP contribution is -2.33. The summed E-state index contributed by atoms with van der Waals surface area (Å²) in [7, 11) is 0. The number of rotatable bonds is 4. The first-order chi connectivity index (χ1) is 9.90. The Morgan fingerprint density at radius 1 is 1.33 bits per heavy atom. The fraction of sp³-hybridized carbons (Fsp3) is 0.417. The summed E-state index contributed by atoms with van der Waals surface area (Å²) in [6.45, 7) is 0.168. The molecule has 1 fully saturated rings. The van der Waals surface area contributed by atoms with Gasteiger partial charge in [0, 0.05) is 12.7 Å². The smallest absolute Gasteiger partial charge is 0.332 e. The number of aliphatic carboxylic acids is 1. The molecule has 1 saturated heterocycles. The van der Waals surface area contributed by atoms with E-state index in [-0.39, 0.29) is 33.4 Å². The summed E-state index contributed by atoms with van der Waals surface area (Å²) in [5, 5.41) is 11.6. The van der Waals surface area contributed by atoms with Gasteiger partial charge in [-0.25, -0.2) is 9.78 Å². The van der Waals surface area contributed by atoms with E-state index in [1.54, 1.807) is 0 Å². The molecule has 0 spiro atoms. The Morgan fingerprint density at radius 2 is 2.05 bits per heavy atom. The predicted molar refractivity (Wildman–Crippen MR) is 77.1 cm³/mol. The Bertz CT molecular complexity index is 582. The maximum atomic E-state index is 12.0. The Kier molecular flexibility index (Phi) is 5.27. The largest absolute Gasteiger partial charge is 0.479 e. The molecule has 9 heteroatoms. The summed E-state index contributed by atoms with van der Waals surface area (Å²) in [4.78, 5) is 26.6. The maximum Gasteiger partial charge on any atom is 0.332 e. The van der Waals surface area contributed by atoms with Crippen LogP contribution in [-0.4, -0.2) is 40.7 Å². The second kappa shape index (κ2) is 6.79. The zero-order chi connectivity index (χ0) is 15.6. The summed E-state index contributed by atoms with van der Waals surface area (Å²) < 4.78 is 5.27. The van der Waals surface area contributed by atoms with E-state index in [0.717, 1.165) is 0 Å². The average molecular weight is 354 g/mol. The number of aromatic nitrogens is 1. The number of hydrogen-bond donors (Lipinski definition) is 2. The number of pyridine rings is 1. The number of amides is 1. The van der Waals surface area contributed by atoms with Gasteiger partial charge in [0.05, 0.1) is 21.2 Å². The predicted octanol–water partition coefficient (Wildman–Crippen LogP) is 2.40. The van der Waals surface area contributed by atoms with Crippen molar-refractivity contribution in [3.63, 3.8) is 0 Å². The third-order valence-electron chi connectivity index (χ3n) is 3.01.